The SMILES string of the molecule is CC(C)(C)OC(=O)O.c1ccc2c(c1)CNC2. The van der Waals surface area contributed by atoms with Crippen LogP contribution in [-0.2, 0) is 17.8 Å². The zero-order valence-electron chi connectivity index (χ0n) is 10.5. The quantitative estimate of drug-likeness (QED) is 0.681. The Morgan fingerprint density at radius 1 is 1.24 bits per heavy atom. The van der Waals surface area contributed by atoms with Gasteiger partial charge in [-0.25, -0.2) is 4.79 Å². The molecule has 4 nitrogen and oxygen atoms in total. The molecule has 94 valence electrons. The van der Waals surface area contributed by atoms with Gasteiger partial charge in [0, 0.05) is 13.1 Å². The molecular formula is C13H19NO3. The van der Waals surface area contributed by atoms with Crippen molar-refractivity contribution in [1.29, 1.82) is 0 Å². The molecule has 1 aromatic rings. The van der Waals surface area contributed by atoms with Gasteiger partial charge >= 0.3 is 6.16 Å². The van der Waals surface area contributed by atoms with Crippen LogP contribution in [0.3, 0.4) is 0 Å². The molecule has 0 spiro atoms. The minimum Gasteiger partial charge on any atom is -0.450 e. The molecule has 1 aliphatic rings. The van der Waals surface area contributed by atoms with Gasteiger partial charge in [0.1, 0.15) is 5.60 Å². The predicted octanol–water partition coefficient (Wildman–Crippen LogP) is 2.77. The van der Waals surface area contributed by atoms with Crippen LogP contribution in [0.1, 0.15) is 31.9 Å². The van der Waals surface area contributed by atoms with Crippen molar-refractivity contribution < 1.29 is 14.6 Å². The Morgan fingerprint density at radius 2 is 1.71 bits per heavy atom. The van der Waals surface area contributed by atoms with Crippen LogP contribution in [0.25, 0.3) is 0 Å². The van der Waals surface area contributed by atoms with Crippen molar-refractivity contribution in [3.8, 4) is 0 Å². The third kappa shape index (κ3) is 5.36. The van der Waals surface area contributed by atoms with Crippen molar-refractivity contribution in [2.45, 2.75) is 39.5 Å². The molecule has 0 saturated heterocycles. The lowest BCUT2D eigenvalue weighted by Gasteiger charge is -2.15. The van der Waals surface area contributed by atoms with Crippen molar-refractivity contribution >= 4 is 6.16 Å². The third-order valence-electron chi connectivity index (χ3n) is 2.14. The summed E-state index contributed by atoms with van der Waals surface area (Å²) in [5.41, 5.74) is 2.33. The van der Waals surface area contributed by atoms with Crippen LogP contribution < -0.4 is 5.32 Å². The summed E-state index contributed by atoms with van der Waals surface area (Å²) in [4.78, 5) is 9.79. The number of rotatable bonds is 0. The zero-order valence-corrected chi connectivity index (χ0v) is 10.5. The molecular weight excluding hydrogens is 218 g/mol. The fourth-order valence-corrected chi connectivity index (χ4v) is 1.50. The van der Waals surface area contributed by atoms with E-state index in [1.54, 1.807) is 20.8 Å². The van der Waals surface area contributed by atoms with E-state index in [1.165, 1.54) is 11.1 Å². The lowest BCUT2D eigenvalue weighted by molar-refractivity contribution is 0.0150. The Labute approximate surface area is 102 Å². The van der Waals surface area contributed by atoms with Gasteiger partial charge in [0.2, 0.25) is 0 Å². The maximum atomic E-state index is 9.79. The van der Waals surface area contributed by atoms with Gasteiger partial charge in [-0.3, -0.25) is 0 Å². The summed E-state index contributed by atoms with van der Waals surface area (Å²) < 4.78 is 4.35. The van der Waals surface area contributed by atoms with Crippen LogP contribution >= 0.6 is 0 Å². The van der Waals surface area contributed by atoms with Gasteiger partial charge in [0.05, 0.1) is 0 Å². The molecule has 1 aromatic carbocycles. The minimum atomic E-state index is -1.22. The number of hydrogen-bond acceptors (Lipinski definition) is 3. The van der Waals surface area contributed by atoms with E-state index in [2.05, 4.69) is 34.3 Å². The number of hydrogen-bond donors (Lipinski definition) is 2. The fourth-order valence-electron chi connectivity index (χ4n) is 1.50. The zero-order chi connectivity index (χ0) is 12.9. The van der Waals surface area contributed by atoms with E-state index in [1.807, 2.05) is 0 Å². The highest BCUT2D eigenvalue weighted by atomic mass is 16.7. The van der Waals surface area contributed by atoms with Crippen LogP contribution in [0.15, 0.2) is 24.3 Å². The lowest BCUT2D eigenvalue weighted by Crippen LogP contribution is -2.22. The molecule has 17 heavy (non-hydrogen) atoms. The van der Waals surface area contributed by atoms with Gasteiger partial charge in [-0.2, -0.15) is 0 Å². The molecule has 0 fully saturated rings. The molecule has 0 unspecified atom stereocenters. The molecule has 0 radical (unpaired) electrons. The first-order valence-electron chi connectivity index (χ1n) is 5.58. The molecule has 0 aromatic heterocycles. The summed E-state index contributed by atoms with van der Waals surface area (Å²) in [5, 5.41) is 11.3. The Bertz CT molecular complexity index is 359. The van der Waals surface area contributed by atoms with Gasteiger partial charge in [-0.15, -0.1) is 0 Å². The first kappa shape index (κ1) is 13.5. The van der Waals surface area contributed by atoms with Crippen molar-refractivity contribution in [3.05, 3.63) is 35.4 Å². The summed E-state index contributed by atoms with van der Waals surface area (Å²) in [5.74, 6) is 0. The average Bonchev–Trinajstić information content (AvgIpc) is 2.61. The van der Waals surface area contributed by atoms with E-state index < -0.39 is 11.8 Å². The first-order chi connectivity index (χ1) is 7.88. The van der Waals surface area contributed by atoms with Crippen LogP contribution in [-0.4, -0.2) is 16.9 Å². The van der Waals surface area contributed by atoms with Crippen LogP contribution in [0.5, 0.6) is 0 Å². The second-order valence-corrected chi connectivity index (χ2v) is 4.85. The molecule has 1 heterocycles. The van der Waals surface area contributed by atoms with E-state index in [-0.39, 0.29) is 0 Å². The van der Waals surface area contributed by atoms with Gasteiger partial charge in [0.15, 0.2) is 0 Å². The van der Waals surface area contributed by atoms with Crippen molar-refractivity contribution in [1.82, 2.24) is 5.32 Å². The minimum absolute atomic E-state index is 0.578. The topological polar surface area (TPSA) is 58.6 Å². The predicted molar refractivity (Wildman–Crippen MR) is 65.8 cm³/mol. The Hall–Kier alpha value is -1.55. The van der Waals surface area contributed by atoms with Gasteiger partial charge in [-0.05, 0) is 31.9 Å². The molecule has 2 rings (SSSR count). The normalized spacial score (nSPS) is 13.4. The van der Waals surface area contributed by atoms with Crippen LogP contribution in [0, 0.1) is 0 Å². The van der Waals surface area contributed by atoms with Crippen LogP contribution in [0.2, 0.25) is 0 Å². The highest BCUT2D eigenvalue weighted by Gasteiger charge is 2.13. The summed E-state index contributed by atoms with van der Waals surface area (Å²) in [7, 11) is 0. The van der Waals surface area contributed by atoms with E-state index in [0.29, 0.717) is 0 Å². The smallest absolute Gasteiger partial charge is 0.450 e. The highest BCUT2D eigenvalue weighted by molar-refractivity contribution is 5.57. The van der Waals surface area contributed by atoms with E-state index in [0.717, 1.165) is 13.1 Å². The van der Waals surface area contributed by atoms with Crippen molar-refractivity contribution in [3.63, 3.8) is 0 Å². The Morgan fingerprint density at radius 3 is 2.00 bits per heavy atom. The van der Waals surface area contributed by atoms with Gasteiger partial charge < -0.3 is 15.2 Å². The van der Waals surface area contributed by atoms with Crippen LogP contribution in [0.4, 0.5) is 4.79 Å². The summed E-state index contributed by atoms with van der Waals surface area (Å²) >= 11 is 0. The number of fused-ring (bicyclic) bond motifs is 1. The number of nitrogens with one attached hydrogen (secondary N) is 1. The van der Waals surface area contributed by atoms with E-state index in [9.17, 15) is 4.79 Å². The second kappa shape index (κ2) is 5.68. The van der Waals surface area contributed by atoms with E-state index in [4.69, 9.17) is 5.11 Å². The largest absolute Gasteiger partial charge is 0.506 e. The maximum absolute atomic E-state index is 9.79. The molecule has 0 amide bonds. The summed E-state index contributed by atoms with van der Waals surface area (Å²) in [6.45, 7) is 7.15. The number of carboxylic acid groups (broad SMARTS) is 1. The highest BCUT2D eigenvalue weighted by Crippen LogP contribution is 2.12. The number of carbonyl (C=O) groups is 1. The molecule has 1 aliphatic heterocycles. The Kier molecular flexibility index (Phi) is 4.52. The number of benzene rings is 1. The van der Waals surface area contributed by atoms with Crippen molar-refractivity contribution in [2.75, 3.05) is 0 Å². The van der Waals surface area contributed by atoms with Crippen molar-refractivity contribution in [2.24, 2.45) is 0 Å². The maximum Gasteiger partial charge on any atom is 0.506 e. The monoisotopic (exact) mass is 237 g/mol. The fraction of sp³-hybridized carbons (Fsp3) is 0.462. The standard InChI is InChI=1S/C8H9N.C5H10O3/c1-2-4-8-6-9-5-7(8)3-1;1-5(2,3)8-4(6)7/h1-4,9H,5-6H2;1-3H3,(H,6,7). The van der Waals surface area contributed by atoms with E-state index >= 15 is 0 Å². The lowest BCUT2D eigenvalue weighted by atomic mass is 10.1. The summed E-state index contributed by atoms with van der Waals surface area (Å²) in [6.07, 6.45) is -1.22. The third-order valence-corrected chi connectivity index (χ3v) is 2.14. The average molecular weight is 237 g/mol. The number of ether oxygens (including phenoxy) is 1. The van der Waals surface area contributed by atoms with Gasteiger partial charge in [0.25, 0.3) is 0 Å². The Balaban J connectivity index is 0.000000172. The molecule has 0 saturated carbocycles. The molecule has 2 N–H and O–H groups in total. The second-order valence-electron chi connectivity index (χ2n) is 4.85. The summed E-state index contributed by atoms with van der Waals surface area (Å²) in [6, 6.07) is 8.53. The molecule has 0 atom stereocenters. The first-order valence-corrected chi connectivity index (χ1v) is 5.58. The van der Waals surface area contributed by atoms with Gasteiger partial charge in [-0.1, -0.05) is 24.3 Å². The molecule has 0 aliphatic carbocycles. The molecule has 0 bridgehead atoms. The molecule has 4 heteroatoms.